The maximum Gasteiger partial charge on any atom is 0.114 e. The fourth-order valence-electron chi connectivity index (χ4n) is 6.29. The number of aliphatic hydroxyl groups is 1. The number of ether oxygens (including phenoxy) is 4. The molecule has 6 rings (SSSR count). The Hall–Kier alpha value is -4.14. The Morgan fingerprint density at radius 1 is 0.458 bits per heavy atom. The van der Waals surface area contributed by atoms with E-state index in [1.807, 2.05) is 103 Å². The first-order valence-corrected chi connectivity index (χ1v) is 16.8. The van der Waals surface area contributed by atoms with Crippen LogP contribution in [0.2, 0.25) is 0 Å². The minimum Gasteiger partial charge on any atom is -0.389 e. The smallest absolute Gasteiger partial charge is 0.114 e. The second-order valence-corrected chi connectivity index (χ2v) is 12.3. The zero-order valence-corrected chi connectivity index (χ0v) is 27.3. The lowest BCUT2D eigenvalue weighted by Gasteiger charge is -2.38. The number of likely N-dealkylation sites (tertiary alicyclic amines) is 1. The van der Waals surface area contributed by atoms with Crippen LogP contribution in [0.5, 0.6) is 0 Å². The van der Waals surface area contributed by atoms with E-state index in [9.17, 15) is 5.11 Å². The van der Waals surface area contributed by atoms with Gasteiger partial charge >= 0.3 is 0 Å². The molecule has 248 valence electrons. The van der Waals surface area contributed by atoms with Gasteiger partial charge in [-0.25, -0.2) is 0 Å². The fourth-order valence-corrected chi connectivity index (χ4v) is 6.29. The Bertz CT molecular complexity index is 1590. The van der Waals surface area contributed by atoms with Crippen LogP contribution in [0.1, 0.15) is 27.8 Å². The van der Waals surface area contributed by atoms with Crippen molar-refractivity contribution in [1.29, 1.82) is 0 Å². The van der Waals surface area contributed by atoms with E-state index in [2.05, 4.69) is 53.4 Å². The molecule has 6 heteroatoms. The van der Waals surface area contributed by atoms with Crippen LogP contribution in [0.25, 0.3) is 0 Å². The molecule has 5 aromatic carbocycles. The predicted molar refractivity (Wildman–Crippen MR) is 188 cm³/mol. The third kappa shape index (κ3) is 9.70. The zero-order chi connectivity index (χ0) is 32.8. The van der Waals surface area contributed by atoms with Crippen molar-refractivity contribution in [3.05, 3.63) is 179 Å². The van der Waals surface area contributed by atoms with Crippen LogP contribution in [-0.2, 0) is 51.9 Å². The van der Waals surface area contributed by atoms with Gasteiger partial charge in [-0.1, -0.05) is 152 Å². The zero-order valence-electron chi connectivity index (χ0n) is 27.3. The molecule has 1 aliphatic heterocycles. The van der Waals surface area contributed by atoms with Gasteiger partial charge in [0.25, 0.3) is 0 Å². The minimum absolute atomic E-state index is 0.252. The maximum atomic E-state index is 12.0. The van der Waals surface area contributed by atoms with Crippen molar-refractivity contribution in [2.24, 2.45) is 0 Å². The van der Waals surface area contributed by atoms with Crippen molar-refractivity contribution in [2.45, 2.75) is 63.4 Å². The van der Waals surface area contributed by atoms with Gasteiger partial charge in [0.05, 0.1) is 45.2 Å². The Balaban J connectivity index is 1.36. The first kappa shape index (κ1) is 33.7. The van der Waals surface area contributed by atoms with Crippen molar-refractivity contribution < 1.29 is 24.1 Å². The molecule has 1 fully saturated rings. The summed E-state index contributed by atoms with van der Waals surface area (Å²) in [5, 5.41) is 12.0. The van der Waals surface area contributed by atoms with Gasteiger partial charge in [-0.05, 0) is 27.8 Å². The molecule has 0 aromatic heterocycles. The molecule has 0 radical (unpaired) electrons. The third-order valence-corrected chi connectivity index (χ3v) is 8.78. The first-order chi connectivity index (χ1) is 23.7. The van der Waals surface area contributed by atoms with E-state index in [0.29, 0.717) is 46.1 Å². The van der Waals surface area contributed by atoms with Gasteiger partial charge in [-0.2, -0.15) is 0 Å². The standard InChI is InChI=1S/C42H45NO5/c44-39-27-43(26-33-16-6-1-7-17-33)38(32-45-28-34-18-8-2-9-19-34)40(46-29-35-20-10-3-11-21-35)42(48-31-37-24-14-5-15-25-37)41(39)47-30-36-22-12-4-13-23-36/h1-25,38-42,44H,26-32H2. The SMILES string of the molecule is OC1CN(Cc2ccccc2)C(COCc2ccccc2)C(OCc2ccccc2)C(OCc2ccccc2)C1OCc1ccccc1. The molecule has 0 saturated carbocycles. The average molecular weight is 644 g/mol. The summed E-state index contributed by atoms with van der Waals surface area (Å²) in [7, 11) is 0. The summed E-state index contributed by atoms with van der Waals surface area (Å²) in [5.41, 5.74) is 5.37. The molecule has 1 N–H and O–H groups in total. The predicted octanol–water partition coefficient (Wildman–Crippen LogP) is 7.20. The summed E-state index contributed by atoms with van der Waals surface area (Å²) in [6, 6.07) is 50.7. The molecular formula is C42H45NO5. The van der Waals surface area contributed by atoms with Gasteiger partial charge in [0.1, 0.15) is 18.3 Å². The first-order valence-electron chi connectivity index (χ1n) is 16.8. The van der Waals surface area contributed by atoms with Crippen LogP contribution in [0, 0.1) is 0 Å². The number of hydrogen-bond acceptors (Lipinski definition) is 6. The number of rotatable bonds is 15. The molecule has 1 heterocycles. The van der Waals surface area contributed by atoms with E-state index < -0.39 is 24.4 Å². The van der Waals surface area contributed by atoms with Gasteiger partial charge in [-0.3, -0.25) is 4.90 Å². The lowest BCUT2D eigenvalue weighted by Crippen LogP contribution is -2.53. The Morgan fingerprint density at radius 2 is 0.833 bits per heavy atom. The van der Waals surface area contributed by atoms with Crippen LogP contribution in [0.3, 0.4) is 0 Å². The van der Waals surface area contributed by atoms with Crippen molar-refractivity contribution in [1.82, 2.24) is 4.90 Å². The van der Waals surface area contributed by atoms with Crippen LogP contribution >= 0.6 is 0 Å². The number of β-amino-alcohol motifs (C(OH)–C–C–N with tert-alkyl or cyclic N) is 1. The lowest BCUT2D eigenvalue weighted by molar-refractivity contribution is -0.179. The summed E-state index contributed by atoms with van der Waals surface area (Å²) >= 11 is 0. The van der Waals surface area contributed by atoms with E-state index >= 15 is 0 Å². The van der Waals surface area contributed by atoms with Crippen LogP contribution in [0.15, 0.2) is 152 Å². The molecule has 6 nitrogen and oxygen atoms in total. The van der Waals surface area contributed by atoms with Crippen LogP contribution in [0.4, 0.5) is 0 Å². The van der Waals surface area contributed by atoms with Crippen LogP contribution < -0.4 is 0 Å². The summed E-state index contributed by atoms with van der Waals surface area (Å²) in [6.45, 7) is 2.90. The van der Waals surface area contributed by atoms with Gasteiger partial charge in [0.15, 0.2) is 0 Å². The molecule has 1 aliphatic rings. The highest BCUT2D eigenvalue weighted by atomic mass is 16.6. The average Bonchev–Trinajstić information content (AvgIpc) is 3.24. The molecule has 5 aromatic rings. The molecule has 0 aliphatic carbocycles. The summed E-state index contributed by atoms with van der Waals surface area (Å²) in [5.74, 6) is 0. The molecule has 48 heavy (non-hydrogen) atoms. The molecule has 5 unspecified atom stereocenters. The fraction of sp³-hybridized carbons (Fsp3) is 0.286. The topological polar surface area (TPSA) is 60.4 Å². The summed E-state index contributed by atoms with van der Waals surface area (Å²) in [4.78, 5) is 2.28. The lowest BCUT2D eigenvalue weighted by atomic mass is 9.99. The number of nitrogens with zero attached hydrogens (tertiary/aromatic N) is 1. The van der Waals surface area contributed by atoms with Crippen molar-refractivity contribution in [3.63, 3.8) is 0 Å². The quantitative estimate of drug-likeness (QED) is 0.130. The Kier molecular flexibility index (Phi) is 12.6. The highest BCUT2D eigenvalue weighted by molar-refractivity contribution is 5.18. The van der Waals surface area contributed by atoms with E-state index in [1.54, 1.807) is 0 Å². The van der Waals surface area contributed by atoms with Gasteiger partial charge in [0.2, 0.25) is 0 Å². The van der Waals surface area contributed by atoms with E-state index in [1.165, 1.54) is 0 Å². The monoisotopic (exact) mass is 643 g/mol. The number of aliphatic hydroxyl groups excluding tert-OH is 1. The summed E-state index contributed by atoms with van der Waals surface area (Å²) in [6.07, 6.45) is -2.60. The van der Waals surface area contributed by atoms with Crippen LogP contribution in [-0.4, -0.2) is 53.6 Å². The highest BCUT2D eigenvalue weighted by Gasteiger charge is 2.47. The van der Waals surface area contributed by atoms with E-state index in [4.69, 9.17) is 18.9 Å². The normalized spacial score (nSPS) is 21.5. The number of hydrogen-bond donors (Lipinski definition) is 1. The summed E-state index contributed by atoms with van der Waals surface area (Å²) < 4.78 is 26.9. The molecule has 0 spiro atoms. The van der Waals surface area contributed by atoms with Crippen molar-refractivity contribution in [2.75, 3.05) is 13.2 Å². The van der Waals surface area contributed by atoms with Gasteiger partial charge in [-0.15, -0.1) is 0 Å². The van der Waals surface area contributed by atoms with E-state index in [0.717, 1.165) is 27.8 Å². The molecular weight excluding hydrogens is 598 g/mol. The van der Waals surface area contributed by atoms with Crippen molar-refractivity contribution >= 4 is 0 Å². The van der Waals surface area contributed by atoms with Crippen molar-refractivity contribution in [3.8, 4) is 0 Å². The second kappa shape index (κ2) is 17.9. The molecule has 1 saturated heterocycles. The minimum atomic E-state index is -0.847. The Morgan fingerprint density at radius 3 is 1.29 bits per heavy atom. The van der Waals surface area contributed by atoms with Gasteiger partial charge < -0.3 is 24.1 Å². The number of benzene rings is 5. The molecule has 0 bridgehead atoms. The maximum absolute atomic E-state index is 12.0. The highest BCUT2D eigenvalue weighted by Crippen LogP contribution is 2.30. The second-order valence-electron chi connectivity index (χ2n) is 12.3. The largest absolute Gasteiger partial charge is 0.389 e. The van der Waals surface area contributed by atoms with E-state index in [-0.39, 0.29) is 6.04 Å². The molecule has 5 atom stereocenters. The third-order valence-electron chi connectivity index (χ3n) is 8.78. The molecule has 0 amide bonds. The Labute approximate surface area is 284 Å². The van der Waals surface area contributed by atoms with Gasteiger partial charge in [0, 0.05) is 13.1 Å².